The number of anilines is 1. The highest BCUT2D eigenvalue weighted by Crippen LogP contribution is 2.12. The first-order valence-electron chi connectivity index (χ1n) is 5.28. The SMILES string of the molecule is COC(C)COC(=O)COc1ccc(N)cc1. The molecule has 1 aromatic carbocycles. The van der Waals surface area contributed by atoms with Gasteiger partial charge in [0.25, 0.3) is 0 Å². The van der Waals surface area contributed by atoms with Crippen molar-refractivity contribution in [3.05, 3.63) is 24.3 Å². The summed E-state index contributed by atoms with van der Waals surface area (Å²) in [5.41, 5.74) is 6.16. The Morgan fingerprint density at radius 3 is 2.59 bits per heavy atom. The molecule has 0 fully saturated rings. The minimum Gasteiger partial charge on any atom is -0.482 e. The van der Waals surface area contributed by atoms with E-state index in [2.05, 4.69) is 0 Å². The van der Waals surface area contributed by atoms with E-state index in [4.69, 9.17) is 19.9 Å². The fourth-order valence-electron chi connectivity index (χ4n) is 1.03. The van der Waals surface area contributed by atoms with Crippen LogP contribution in [0.4, 0.5) is 5.69 Å². The van der Waals surface area contributed by atoms with Gasteiger partial charge in [-0.3, -0.25) is 0 Å². The molecular formula is C12H17NO4. The van der Waals surface area contributed by atoms with Gasteiger partial charge in [-0.05, 0) is 31.2 Å². The summed E-state index contributed by atoms with van der Waals surface area (Å²) < 4.78 is 15.1. The lowest BCUT2D eigenvalue weighted by Gasteiger charge is -2.10. The van der Waals surface area contributed by atoms with Crippen LogP contribution in [0.2, 0.25) is 0 Å². The number of methoxy groups -OCH3 is 1. The summed E-state index contributed by atoms with van der Waals surface area (Å²) in [5, 5.41) is 0. The Morgan fingerprint density at radius 1 is 1.35 bits per heavy atom. The second kappa shape index (κ2) is 6.75. The summed E-state index contributed by atoms with van der Waals surface area (Å²) in [6, 6.07) is 6.79. The van der Waals surface area contributed by atoms with Crippen molar-refractivity contribution < 1.29 is 19.0 Å². The fraction of sp³-hybridized carbons (Fsp3) is 0.417. The van der Waals surface area contributed by atoms with Gasteiger partial charge in [-0.15, -0.1) is 0 Å². The van der Waals surface area contributed by atoms with Crippen LogP contribution < -0.4 is 10.5 Å². The molecule has 0 bridgehead atoms. The molecule has 94 valence electrons. The quantitative estimate of drug-likeness (QED) is 0.597. The molecule has 0 aromatic heterocycles. The predicted molar refractivity (Wildman–Crippen MR) is 63.8 cm³/mol. The van der Waals surface area contributed by atoms with Crippen LogP contribution in [0.3, 0.4) is 0 Å². The van der Waals surface area contributed by atoms with Crippen LogP contribution in [-0.4, -0.2) is 32.4 Å². The van der Waals surface area contributed by atoms with E-state index in [-0.39, 0.29) is 19.3 Å². The van der Waals surface area contributed by atoms with Crippen LogP contribution in [0.25, 0.3) is 0 Å². The molecule has 5 nitrogen and oxygen atoms in total. The van der Waals surface area contributed by atoms with Gasteiger partial charge in [-0.25, -0.2) is 4.79 Å². The van der Waals surface area contributed by atoms with Crippen LogP contribution >= 0.6 is 0 Å². The monoisotopic (exact) mass is 239 g/mol. The number of rotatable bonds is 6. The zero-order valence-corrected chi connectivity index (χ0v) is 10.0. The van der Waals surface area contributed by atoms with Crippen molar-refractivity contribution in [3.63, 3.8) is 0 Å². The first-order valence-corrected chi connectivity index (χ1v) is 5.28. The Kier molecular flexibility index (Phi) is 5.29. The molecule has 17 heavy (non-hydrogen) atoms. The van der Waals surface area contributed by atoms with Crippen molar-refractivity contribution in [1.82, 2.24) is 0 Å². The van der Waals surface area contributed by atoms with Crippen LogP contribution in [0, 0.1) is 0 Å². The molecule has 0 heterocycles. The molecule has 0 saturated heterocycles. The number of carbonyl (C=O) groups is 1. The zero-order chi connectivity index (χ0) is 12.7. The van der Waals surface area contributed by atoms with Gasteiger partial charge in [0.1, 0.15) is 12.4 Å². The highest BCUT2D eigenvalue weighted by Gasteiger charge is 2.07. The van der Waals surface area contributed by atoms with E-state index >= 15 is 0 Å². The third-order valence-corrected chi connectivity index (χ3v) is 2.12. The number of nitrogens with two attached hydrogens (primary N) is 1. The largest absolute Gasteiger partial charge is 0.482 e. The number of esters is 1. The summed E-state index contributed by atoms with van der Waals surface area (Å²) in [6.07, 6.45) is -0.115. The molecule has 2 N–H and O–H groups in total. The highest BCUT2D eigenvalue weighted by molar-refractivity contribution is 5.71. The summed E-state index contributed by atoms with van der Waals surface area (Å²) in [7, 11) is 1.56. The molecule has 0 amide bonds. The molecule has 0 radical (unpaired) electrons. The van der Waals surface area contributed by atoms with Gasteiger partial charge in [-0.2, -0.15) is 0 Å². The molecule has 0 aliphatic rings. The van der Waals surface area contributed by atoms with Gasteiger partial charge in [-0.1, -0.05) is 0 Å². The molecule has 0 spiro atoms. The van der Waals surface area contributed by atoms with Crippen molar-refractivity contribution in [2.75, 3.05) is 26.1 Å². The molecule has 1 unspecified atom stereocenters. The third-order valence-electron chi connectivity index (χ3n) is 2.12. The highest BCUT2D eigenvalue weighted by atomic mass is 16.6. The van der Waals surface area contributed by atoms with E-state index in [1.165, 1.54) is 0 Å². The molecule has 1 rings (SSSR count). The topological polar surface area (TPSA) is 70.8 Å². The van der Waals surface area contributed by atoms with Crippen LogP contribution in [0.1, 0.15) is 6.92 Å². The Bertz CT molecular complexity index is 350. The molecule has 1 atom stereocenters. The lowest BCUT2D eigenvalue weighted by atomic mass is 10.3. The first-order chi connectivity index (χ1) is 8.11. The number of carbonyl (C=O) groups excluding carboxylic acids is 1. The molecule has 0 aliphatic heterocycles. The van der Waals surface area contributed by atoms with Crippen molar-refractivity contribution in [1.29, 1.82) is 0 Å². The summed E-state index contributed by atoms with van der Waals surface area (Å²) in [6.45, 7) is 1.91. The molecule has 5 heteroatoms. The average Bonchev–Trinajstić information content (AvgIpc) is 2.35. The van der Waals surface area contributed by atoms with Crippen LogP contribution in [0.15, 0.2) is 24.3 Å². The Balaban J connectivity index is 2.26. The van der Waals surface area contributed by atoms with E-state index in [0.29, 0.717) is 11.4 Å². The number of hydrogen-bond acceptors (Lipinski definition) is 5. The Hall–Kier alpha value is -1.75. The van der Waals surface area contributed by atoms with Crippen molar-refractivity contribution in [2.45, 2.75) is 13.0 Å². The Morgan fingerprint density at radius 2 is 2.00 bits per heavy atom. The summed E-state index contributed by atoms with van der Waals surface area (Å²) in [4.78, 5) is 11.3. The lowest BCUT2D eigenvalue weighted by molar-refractivity contribution is -0.149. The van der Waals surface area contributed by atoms with Gasteiger partial charge in [0.05, 0.1) is 6.10 Å². The molecule has 0 aliphatic carbocycles. The van der Waals surface area contributed by atoms with Gasteiger partial charge in [0.15, 0.2) is 6.61 Å². The number of hydrogen-bond donors (Lipinski definition) is 1. The van der Waals surface area contributed by atoms with E-state index in [1.807, 2.05) is 6.92 Å². The van der Waals surface area contributed by atoms with E-state index in [9.17, 15) is 4.79 Å². The smallest absolute Gasteiger partial charge is 0.344 e. The second-order valence-corrected chi connectivity index (χ2v) is 3.59. The maximum Gasteiger partial charge on any atom is 0.344 e. The second-order valence-electron chi connectivity index (χ2n) is 3.59. The first kappa shape index (κ1) is 13.3. The number of benzene rings is 1. The molecular weight excluding hydrogens is 222 g/mol. The lowest BCUT2D eigenvalue weighted by Crippen LogP contribution is -2.21. The van der Waals surface area contributed by atoms with Crippen molar-refractivity contribution in [3.8, 4) is 5.75 Å². The van der Waals surface area contributed by atoms with Crippen LogP contribution in [-0.2, 0) is 14.3 Å². The normalized spacial score (nSPS) is 11.9. The van der Waals surface area contributed by atoms with Crippen molar-refractivity contribution in [2.24, 2.45) is 0 Å². The Labute approximate surface area is 100 Å². The van der Waals surface area contributed by atoms with E-state index in [0.717, 1.165) is 0 Å². The van der Waals surface area contributed by atoms with Crippen molar-refractivity contribution >= 4 is 11.7 Å². The molecule has 1 aromatic rings. The molecule has 0 saturated carbocycles. The zero-order valence-electron chi connectivity index (χ0n) is 10.0. The maximum absolute atomic E-state index is 11.3. The predicted octanol–water partition coefficient (Wildman–Crippen LogP) is 1.23. The number of nitrogen functional groups attached to an aromatic ring is 1. The minimum atomic E-state index is -0.425. The van der Waals surface area contributed by atoms with E-state index in [1.54, 1.807) is 31.4 Å². The van der Waals surface area contributed by atoms with Gasteiger partial charge in [0.2, 0.25) is 0 Å². The summed E-state index contributed by atoms with van der Waals surface area (Å²) in [5.74, 6) is 0.154. The maximum atomic E-state index is 11.3. The average molecular weight is 239 g/mol. The fourth-order valence-corrected chi connectivity index (χ4v) is 1.03. The number of ether oxygens (including phenoxy) is 3. The standard InChI is InChI=1S/C12H17NO4/c1-9(15-2)7-17-12(14)8-16-11-5-3-10(13)4-6-11/h3-6,9H,7-8,13H2,1-2H3. The van der Waals surface area contributed by atoms with Gasteiger partial charge < -0.3 is 19.9 Å². The summed E-state index contributed by atoms with van der Waals surface area (Å²) >= 11 is 0. The third kappa shape index (κ3) is 5.21. The van der Waals surface area contributed by atoms with Gasteiger partial charge in [0, 0.05) is 12.8 Å². The van der Waals surface area contributed by atoms with E-state index < -0.39 is 5.97 Å². The van der Waals surface area contributed by atoms with Gasteiger partial charge >= 0.3 is 5.97 Å². The van der Waals surface area contributed by atoms with Crippen LogP contribution in [0.5, 0.6) is 5.75 Å². The minimum absolute atomic E-state index is 0.115.